The maximum atomic E-state index is 15.8. The summed E-state index contributed by atoms with van der Waals surface area (Å²) < 4.78 is 41.8. The van der Waals surface area contributed by atoms with Crippen LogP contribution in [0.2, 0.25) is 0 Å². The molecule has 2 heterocycles. The molecule has 1 saturated heterocycles. The average molecular weight is 505 g/mol. The fourth-order valence-electron chi connectivity index (χ4n) is 4.40. The van der Waals surface area contributed by atoms with Crippen molar-refractivity contribution in [3.8, 4) is 0 Å². The summed E-state index contributed by atoms with van der Waals surface area (Å²) in [6, 6.07) is 0.730. The summed E-state index contributed by atoms with van der Waals surface area (Å²) in [6.45, 7) is 0.786. The third kappa shape index (κ3) is 4.75. The quantitative estimate of drug-likeness (QED) is 0.446. The molecule has 2 aliphatic rings. The average Bonchev–Trinajstić information content (AvgIpc) is 3.69. The zero-order valence-electron chi connectivity index (χ0n) is 19.8. The summed E-state index contributed by atoms with van der Waals surface area (Å²) in [4.78, 5) is 51.0. The monoisotopic (exact) mass is 505 g/mol. The molecule has 1 aromatic carbocycles. The van der Waals surface area contributed by atoms with Gasteiger partial charge in [-0.15, -0.1) is 0 Å². The van der Waals surface area contributed by atoms with Gasteiger partial charge in [0.05, 0.1) is 31.5 Å². The molecule has 1 saturated carbocycles. The van der Waals surface area contributed by atoms with Gasteiger partial charge in [0.2, 0.25) is 5.43 Å². The lowest BCUT2D eigenvalue weighted by molar-refractivity contribution is -0.140. The number of aromatic nitrogens is 1. The maximum absolute atomic E-state index is 15.8. The smallest absolute Gasteiger partial charge is 0.341 e. The van der Waals surface area contributed by atoms with Crippen molar-refractivity contribution in [2.75, 3.05) is 45.3 Å². The number of methoxy groups -OCH3 is 2. The van der Waals surface area contributed by atoms with Crippen molar-refractivity contribution in [2.24, 2.45) is 0 Å². The number of halogens is 2. The number of fused-ring (bicyclic) bond motifs is 1. The fraction of sp³-hybridized carbons (Fsp3) is 0.417. The summed E-state index contributed by atoms with van der Waals surface area (Å²) in [5.74, 6) is -4.57. The van der Waals surface area contributed by atoms with Crippen LogP contribution < -0.4 is 10.3 Å². The van der Waals surface area contributed by atoms with Crippen molar-refractivity contribution in [3.05, 3.63) is 51.5 Å². The molecule has 0 unspecified atom stereocenters. The minimum atomic E-state index is -1.46. The van der Waals surface area contributed by atoms with Crippen LogP contribution in [0.25, 0.3) is 10.9 Å². The Balaban J connectivity index is 1.68. The van der Waals surface area contributed by atoms with E-state index in [0.29, 0.717) is 18.5 Å². The first-order valence-electron chi connectivity index (χ1n) is 11.3. The third-order valence-electron chi connectivity index (χ3n) is 6.40. The third-order valence-corrected chi connectivity index (χ3v) is 6.40. The van der Waals surface area contributed by atoms with E-state index >= 15 is 8.78 Å². The summed E-state index contributed by atoms with van der Waals surface area (Å²) in [5, 5.41) is 9.06. The predicted molar refractivity (Wildman–Crippen MR) is 124 cm³/mol. The van der Waals surface area contributed by atoms with Crippen molar-refractivity contribution in [1.29, 1.82) is 0 Å². The summed E-state index contributed by atoms with van der Waals surface area (Å²) >= 11 is 0. The van der Waals surface area contributed by atoms with Crippen LogP contribution in [0.3, 0.4) is 0 Å². The van der Waals surface area contributed by atoms with Crippen LogP contribution in [0.5, 0.6) is 0 Å². The lowest BCUT2D eigenvalue weighted by Gasteiger charge is -2.38. The number of carbonyl (C=O) groups excluding carboxylic acids is 2. The van der Waals surface area contributed by atoms with E-state index in [1.807, 2.05) is 0 Å². The molecule has 1 aliphatic heterocycles. The highest BCUT2D eigenvalue weighted by Crippen LogP contribution is 2.39. The SMILES string of the molecule is COC(=O)/C=C(\CC(=O)OC)N1CCN(c2c(F)cc3c(=O)c(C(=O)O)cn(C4CC4)c3c2F)CC1. The van der Waals surface area contributed by atoms with E-state index in [1.165, 1.54) is 29.8 Å². The van der Waals surface area contributed by atoms with Gasteiger partial charge in [-0.05, 0) is 18.9 Å². The Morgan fingerprint density at radius 2 is 1.78 bits per heavy atom. The molecule has 10 nitrogen and oxygen atoms in total. The van der Waals surface area contributed by atoms with Crippen LogP contribution in [-0.2, 0) is 19.1 Å². The molecule has 1 N–H and O–H groups in total. The largest absolute Gasteiger partial charge is 0.477 e. The molecule has 2 fully saturated rings. The number of piperazine rings is 1. The minimum Gasteiger partial charge on any atom is -0.477 e. The molecule has 0 radical (unpaired) electrons. The van der Waals surface area contributed by atoms with Gasteiger partial charge in [0.15, 0.2) is 5.82 Å². The normalized spacial score (nSPS) is 16.3. The molecule has 0 spiro atoms. The molecular formula is C24H25F2N3O7. The number of carbonyl (C=O) groups is 3. The summed E-state index contributed by atoms with van der Waals surface area (Å²) in [7, 11) is 2.43. The molecule has 12 heteroatoms. The molecule has 36 heavy (non-hydrogen) atoms. The molecular weight excluding hydrogens is 480 g/mol. The van der Waals surface area contributed by atoms with Crippen molar-refractivity contribution in [2.45, 2.75) is 25.3 Å². The van der Waals surface area contributed by atoms with Gasteiger partial charge in [-0.25, -0.2) is 18.4 Å². The Hall–Kier alpha value is -3.96. The highest BCUT2D eigenvalue weighted by molar-refractivity contribution is 5.94. The topological polar surface area (TPSA) is 118 Å². The number of esters is 2. The van der Waals surface area contributed by atoms with Crippen LogP contribution in [0, 0.1) is 11.6 Å². The van der Waals surface area contributed by atoms with Crippen molar-refractivity contribution >= 4 is 34.5 Å². The number of nitrogens with zero attached hydrogens (tertiary/aromatic N) is 3. The van der Waals surface area contributed by atoms with E-state index in [0.717, 1.165) is 12.3 Å². The molecule has 2 aromatic rings. The lowest BCUT2D eigenvalue weighted by atomic mass is 10.1. The standard InChI is InChI=1S/C24H25F2N3O7/c1-35-18(30)9-14(10-19(31)36-2)27-5-7-28(8-6-27)22-17(25)11-15-21(20(22)26)29(13-3-4-13)12-16(23(15)32)24(33)34/h9,11-13H,3-8,10H2,1-2H3,(H,33,34)/b14-9+. The number of rotatable bonds is 7. The summed E-state index contributed by atoms with van der Waals surface area (Å²) in [6.07, 6.45) is 3.51. The lowest BCUT2D eigenvalue weighted by Crippen LogP contribution is -2.47. The number of ether oxygens (including phenoxy) is 2. The van der Waals surface area contributed by atoms with Gasteiger partial charge in [0, 0.05) is 50.2 Å². The van der Waals surface area contributed by atoms with Gasteiger partial charge in [-0.1, -0.05) is 0 Å². The number of carboxylic acids is 1. The van der Waals surface area contributed by atoms with Crippen LogP contribution in [0.1, 0.15) is 35.7 Å². The second-order valence-electron chi connectivity index (χ2n) is 8.62. The second-order valence-corrected chi connectivity index (χ2v) is 8.62. The molecule has 192 valence electrons. The van der Waals surface area contributed by atoms with Crippen molar-refractivity contribution in [1.82, 2.24) is 9.47 Å². The van der Waals surface area contributed by atoms with Crippen LogP contribution in [-0.4, -0.2) is 72.9 Å². The second kappa shape index (κ2) is 9.96. The van der Waals surface area contributed by atoms with E-state index in [-0.39, 0.29) is 55.2 Å². The Morgan fingerprint density at radius 3 is 2.33 bits per heavy atom. The predicted octanol–water partition coefficient (Wildman–Crippen LogP) is 2.05. The number of pyridine rings is 1. The highest BCUT2D eigenvalue weighted by Gasteiger charge is 2.32. The van der Waals surface area contributed by atoms with E-state index in [4.69, 9.17) is 0 Å². The Kier molecular flexibility index (Phi) is 6.95. The summed E-state index contributed by atoms with van der Waals surface area (Å²) in [5.41, 5.74) is -1.56. The Bertz CT molecular complexity index is 1330. The molecule has 0 bridgehead atoms. The zero-order valence-corrected chi connectivity index (χ0v) is 19.8. The van der Waals surface area contributed by atoms with E-state index < -0.39 is 40.5 Å². The van der Waals surface area contributed by atoms with Gasteiger partial charge < -0.3 is 28.9 Å². The number of aromatic carboxylic acids is 1. The Labute approximate surface area is 204 Å². The van der Waals surface area contributed by atoms with Gasteiger partial charge in [-0.3, -0.25) is 9.59 Å². The van der Waals surface area contributed by atoms with E-state index in [9.17, 15) is 24.3 Å². The van der Waals surface area contributed by atoms with Crippen LogP contribution in [0.4, 0.5) is 14.5 Å². The first-order valence-corrected chi connectivity index (χ1v) is 11.3. The zero-order chi connectivity index (χ0) is 26.1. The molecule has 1 aromatic heterocycles. The number of benzene rings is 1. The van der Waals surface area contributed by atoms with E-state index in [2.05, 4.69) is 9.47 Å². The molecule has 0 amide bonds. The van der Waals surface area contributed by atoms with Gasteiger partial charge >= 0.3 is 17.9 Å². The van der Waals surface area contributed by atoms with Gasteiger partial charge in [-0.2, -0.15) is 0 Å². The van der Waals surface area contributed by atoms with E-state index in [1.54, 1.807) is 4.90 Å². The van der Waals surface area contributed by atoms with Gasteiger partial charge in [0.1, 0.15) is 17.1 Å². The first kappa shape index (κ1) is 25.1. The van der Waals surface area contributed by atoms with Crippen LogP contribution in [0.15, 0.2) is 28.8 Å². The molecule has 1 aliphatic carbocycles. The number of hydrogen-bond acceptors (Lipinski definition) is 8. The number of anilines is 1. The molecule has 0 atom stereocenters. The first-order chi connectivity index (χ1) is 17.2. The Morgan fingerprint density at radius 1 is 1.11 bits per heavy atom. The van der Waals surface area contributed by atoms with Crippen molar-refractivity contribution < 1.29 is 37.7 Å². The number of carboxylic acid groups (broad SMARTS) is 1. The van der Waals surface area contributed by atoms with Crippen LogP contribution >= 0.6 is 0 Å². The fourth-order valence-corrected chi connectivity index (χ4v) is 4.40. The van der Waals surface area contributed by atoms with Crippen molar-refractivity contribution in [3.63, 3.8) is 0 Å². The minimum absolute atomic E-state index is 0.122. The van der Waals surface area contributed by atoms with Gasteiger partial charge in [0.25, 0.3) is 0 Å². The number of hydrogen-bond donors (Lipinski definition) is 1. The highest BCUT2D eigenvalue weighted by atomic mass is 19.1. The molecule has 4 rings (SSSR count). The maximum Gasteiger partial charge on any atom is 0.341 e.